The highest BCUT2D eigenvalue weighted by Gasteiger charge is 2.31. The van der Waals surface area contributed by atoms with Crippen LogP contribution in [0.3, 0.4) is 0 Å². The minimum atomic E-state index is -1.35. The van der Waals surface area contributed by atoms with Crippen molar-refractivity contribution >= 4 is 28.9 Å². The summed E-state index contributed by atoms with van der Waals surface area (Å²) in [4.78, 5) is 35.9. The number of hydrogen-bond donors (Lipinski definition) is 2. The minimum Gasteiger partial charge on any atom is -0.322 e. The van der Waals surface area contributed by atoms with Crippen molar-refractivity contribution in [1.82, 2.24) is 29.7 Å². The molecule has 188 valence electrons. The van der Waals surface area contributed by atoms with Gasteiger partial charge in [-0.1, -0.05) is 42.5 Å². The summed E-state index contributed by atoms with van der Waals surface area (Å²) in [5, 5.41) is 14.1. The van der Waals surface area contributed by atoms with E-state index in [1.54, 1.807) is 59.8 Å². The topological polar surface area (TPSA) is 119 Å². The van der Waals surface area contributed by atoms with E-state index in [4.69, 9.17) is 0 Å². The predicted molar refractivity (Wildman–Crippen MR) is 138 cm³/mol. The first kappa shape index (κ1) is 23.2. The van der Waals surface area contributed by atoms with Crippen LogP contribution < -0.4 is 10.6 Å². The maximum atomic E-state index is 14.8. The Bertz CT molecular complexity index is 1720. The number of aryl methyl sites for hydroxylation is 1. The second-order valence-electron chi connectivity index (χ2n) is 8.57. The third kappa shape index (κ3) is 3.99. The lowest BCUT2D eigenvalue weighted by Crippen LogP contribution is -2.42. The molecule has 0 spiro atoms. The van der Waals surface area contributed by atoms with E-state index in [-0.39, 0.29) is 11.3 Å². The van der Waals surface area contributed by atoms with Gasteiger partial charge in [0, 0.05) is 41.8 Å². The zero-order valence-corrected chi connectivity index (χ0v) is 20.2. The SMILES string of the molecule is CCn1cc(-c2nn3cccnc3c2C(=O)N[C@H]2N=C(c3ccccc3)c3cccc(F)c3NC2=O)cn1. The number of benzodiazepines with no additional fused rings is 1. The fraction of sp³-hybridized carbons (Fsp3) is 0.111. The van der Waals surface area contributed by atoms with Gasteiger partial charge < -0.3 is 10.6 Å². The van der Waals surface area contributed by atoms with Gasteiger partial charge in [0.15, 0.2) is 5.65 Å². The van der Waals surface area contributed by atoms with Crippen LogP contribution in [0.1, 0.15) is 28.4 Å². The number of amides is 2. The molecule has 38 heavy (non-hydrogen) atoms. The number of para-hydroxylation sites is 1. The zero-order valence-electron chi connectivity index (χ0n) is 20.2. The number of aromatic nitrogens is 5. The predicted octanol–water partition coefficient (Wildman–Crippen LogP) is 3.30. The minimum absolute atomic E-state index is 0.00201. The molecule has 0 saturated carbocycles. The van der Waals surface area contributed by atoms with Crippen LogP contribution in [-0.2, 0) is 11.3 Å². The van der Waals surface area contributed by atoms with Gasteiger partial charge in [0.2, 0.25) is 6.17 Å². The number of carbonyl (C=O) groups is 2. The van der Waals surface area contributed by atoms with Gasteiger partial charge in [0.05, 0.1) is 17.6 Å². The molecule has 0 bridgehead atoms. The summed E-state index contributed by atoms with van der Waals surface area (Å²) < 4.78 is 18.0. The average molecular weight is 509 g/mol. The van der Waals surface area contributed by atoms with Gasteiger partial charge in [0.25, 0.3) is 11.8 Å². The second kappa shape index (κ2) is 9.36. The molecule has 2 aromatic carbocycles. The van der Waals surface area contributed by atoms with Gasteiger partial charge >= 0.3 is 0 Å². The maximum Gasteiger partial charge on any atom is 0.269 e. The summed E-state index contributed by atoms with van der Waals surface area (Å²) in [5.74, 6) is -1.89. The summed E-state index contributed by atoms with van der Waals surface area (Å²) in [5.41, 5.74) is 2.89. The Labute approximate surface area is 215 Å². The van der Waals surface area contributed by atoms with Crippen molar-refractivity contribution < 1.29 is 14.0 Å². The first-order valence-corrected chi connectivity index (χ1v) is 11.9. The lowest BCUT2D eigenvalue weighted by molar-refractivity contribution is -0.117. The number of hydrogen-bond acceptors (Lipinski definition) is 6. The fourth-order valence-corrected chi connectivity index (χ4v) is 4.37. The van der Waals surface area contributed by atoms with Crippen LogP contribution in [0.15, 0.2) is 84.4 Å². The molecule has 1 aliphatic rings. The summed E-state index contributed by atoms with van der Waals surface area (Å²) >= 11 is 0. The Morgan fingerprint density at radius 3 is 2.74 bits per heavy atom. The normalized spacial score (nSPS) is 14.9. The lowest BCUT2D eigenvalue weighted by Gasteiger charge is -2.13. The van der Waals surface area contributed by atoms with Crippen molar-refractivity contribution in [2.24, 2.45) is 4.99 Å². The quantitative estimate of drug-likeness (QED) is 0.378. The number of nitrogens with zero attached hydrogens (tertiary/aromatic N) is 6. The monoisotopic (exact) mass is 508 g/mol. The second-order valence-corrected chi connectivity index (χ2v) is 8.57. The van der Waals surface area contributed by atoms with Gasteiger partial charge in [-0.15, -0.1) is 0 Å². The molecule has 2 amide bonds. The molecule has 1 atom stereocenters. The van der Waals surface area contributed by atoms with Crippen LogP contribution in [0.4, 0.5) is 10.1 Å². The smallest absolute Gasteiger partial charge is 0.269 e. The number of fused-ring (bicyclic) bond motifs is 2. The summed E-state index contributed by atoms with van der Waals surface area (Å²) in [6.45, 7) is 2.59. The highest BCUT2D eigenvalue weighted by atomic mass is 19.1. The Morgan fingerprint density at radius 2 is 1.95 bits per heavy atom. The number of anilines is 1. The molecule has 3 aromatic heterocycles. The fourth-order valence-electron chi connectivity index (χ4n) is 4.37. The first-order chi connectivity index (χ1) is 18.5. The lowest BCUT2D eigenvalue weighted by atomic mass is 10.0. The van der Waals surface area contributed by atoms with Crippen molar-refractivity contribution in [2.75, 3.05) is 5.32 Å². The molecule has 0 radical (unpaired) electrons. The maximum absolute atomic E-state index is 14.8. The molecule has 1 aliphatic heterocycles. The highest BCUT2D eigenvalue weighted by Crippen LogP contribution is 2.28. The summed E-state index contributed by atoms with van der Waals surface area (Å²) in [7, 11) is 0. The van der Waals surface area contributed by atoms with Crippen LogP contribution in [0.25, 0.3) is 16.9 Å². The summed E-state index contributed by atoms with van der Waals surface area (Å²) in [6.07, 6.45) is 5.27. The van der Waals surface area contributed by atoms with Crippen molar-refractivity contribution in [3.8, 4) is 11.3 Å². The summed E-state index contributed by atoms with van der Waals surface area (Å²) in [6, 6.07) is 15.3. The molecule has 0 unspecified atom stereocenters. The van der Waals surface area contributed by atoms with Crippen LogP contribution in [0, 0.1) is 5.82 Å². The van der Waals surface area contributed by atoms with Crippen LogP contribution in [-0.4, -0.2) is 48.1 Å². The molecule has 6 rings (SSSR count). The molecular weight excluding hydrogens is 487 g/mol. The Kier molecular flexibility index (Phi) is 5.72. The number of rotatable bonds is 5. The van der Waals surface area contributed by atoms with Gasteiger partial charge in [-0.2, -0.15) is 10.2 Å². The van der Waals surface area contributed by atoms with Gasteiger partial charge in [-0.3, -0.25) is 14.3 Å². The zero-order chi connectivity index (χ0) is 26.2. The number of benzene rings is 2. The van der Waals surface area contributed by atoms with Crippen molar-refractivity contribution in [3.63, 3.8) is 0 Å². The number of nitrogens with one attached hydrogen (secondary N) is 2. The number of halogens is 1. The molecule has 0 fully saturated rings. The number of aliphatic imine (C=N–C) groups is 1. The van der Waals surface area contributed by atoms with E-state index >= 15 is 0 Å². The Morgan fingerprint density at radius 1 is 1.11 bits per heavy atom. The van der Waals surface area contributed by atoms with Crippen LogP contribution in [0.2, 0.25) is 0 Å². The standard InChI is InChI=1S/C27H21FN8O2/c1-2-35-15-17(14-30-35)22-20(25-29-12-7-13-36(25)34-22)26(37)33-24-27(38)32-23-18(10-6-11-19(23)28)21(31-24)16-8-4-3-5-9-16/h3-15,24H,2H2,1H3,(H,32,38)(H,33,37)/t24-/m1/s1. The Hall–Kier alpha value is -5.19. The number of carbonyl (C=O) groups excluding carboxylic acids is 2. The molecule has 11 heteroatoms. The molecule has 0 aliphatic carbocycles. The van der Waals surface area contributed by atoms with Crippen molar-refractivity contribution in [2.45, 2.75) is 19.6 Å². The largest absolute Gasteiger partial charge is 0.322 e. The molecule has 2 N–H and O–H groups in total. The van der Waals surface area contributed by atoms with E-state index in [0.717, 1.165) is 0 Å². The van der Waals surface area contributed by atoms with Crippen molar-refractivity contribution in [1.29, 1.82) is 0 Å². The van der Waals surface area contributed by atoms with E-state index < -0.39 is 23.8 Å². The highest BCUT2D eigenvalue weighted by molar-refractivity contribution is 6.20. The average Bonchev–Trinajstić information content (AvgIpc) is 3.54. The van der Waals surface area contributed by atoms with Crippen LogP contribution in [0.5, 0.6) is 0 Å². The Balaban J connectivity index is 1.44. The van der Waals surface area contributed by atoms with E-state index in [1.807, 2.05) is 25.1 Å². The molecule has 4 heterocycles. The third-order valence-corrected chi connectivity index (χ3v) is 6.19. The van der Waals surface area contributed by atoms with E-state index in [2.05, 4.69) is 30.8 Å². The van der Waals surface area contributed by atoms with Crippen molar-refractivity contribution in [3.05, 3.63) is 102 Å². The molecule has 5 aromatic rings. The third-order valence-electron chi connectivity index (χ3n) is 6.19. The molecule has 0 saturated heterocycles. The molecular formula is C27H21FN8O2. The first-order valence-electron chi connectivity index (χ1n) is 11.9. The molecule has 10 nitrogen and oxygen atoms in total. The van der Waals surface area contributed by atoms with Gasteiger partial charge in [-0.05, 0) is 19.1 Å². The van der Waals surface area contributed by atoms with Gasteiger partial charge in [-0.25, -0.2) is 18.9 Å². The van der Waals surface area contributed by atoms with E-state index in [0.29, 0.717) is 40.3 Å². The van der Waals surface area contributed by atoms with Crippen LogP contribution >= 0.6 is 0 Å². The van der Waals surface area contributed by atoms with E-state index in [1.165, 1.54) is 10.6 Å². The van der Waals surface area contributed by atoms with E-state index in [9.17, 15) is 14.0 Å². The van der Waals surface area contributed by atoms with Gasteiger partial charge in [0.1, 0.15) is 17.1 Å².